The number of aliphatic hydroxyl groups is 1. The Morgan fingerprint density at radius 2 is 1.86 bits per heavy atom. The first-order chi connectivity index (χ1) is 13.7. The standard InChI is InChI=1S/C22H32N2O4S/c1-3-4-5-6-7-14-22(26,21(23)25)17-29(27,28)24-15-12-20(13-16-24)19-10-8-18(2)9-11-19/h8-11,20,26H,3-6,12-13,15-17H2,1-2H3,(H2,23,25). The molecule has 1 saturated heterocycles. The van der Waals surface area contributed by atoms with E-state index in [-0.39, 0.29) is 0 Å². The molecule has 0 saturated carbocycles. The molecule has 0 aromatic heterocycles. The van der Waals surface area contributed by atoms with Crippen molar-refractivity contribution in [1.82, 2.24) is 4.31 Å². The highest BCUT2D eigenvalue weighted by Gasteiger charge is 2.41. The van der Waals surface area contributed by atoms with E-state index in [1.54, 1.807) is 0 Å². The maximum absolute atomic E-state index is 12.8. The number of sulfonamides is 1. The van der Waals surface area contributed by atoms with Gasteiger partial charge in [0.15, 0.2) is 0 Å². The number of benzene rings is 1. The van der Waals surface area contributed by atoms with Gasteiger partial charge in [-0.3, -0.25) is 4.79 Å². The summed E-state index contributed by atoms with van der Waals surface area (Å²) in [5.41, 5.74) is 5.32. The highest BCUT2D eigenvalue weighted by molar-refractivity contribution is 7.89. The SMILES string of the molecule is CCCCCC#CC(O)(CS(=O)(=O)N1CCC(c2ccc(C)cc2)CC1)C(N)=O. The van der Waals surface area contributed by atoms with Gasteiger partial charge in [0.1, 0.15) is 5.75 Å². The van der Waals surface area contributed by atoms with E-state index in [0.29, 0.717) is 38.3 Å². The van der Waals surface area contributed by atoms with Crippen LogP contribution >= 0.6 is 0 Å². The first kappa shape index (κ1) is 23.4. The van der Waals surface area contributed by atoms with Crippen LogP contribution in [0.25, 0.3) is 0 Å². The van der Waals surface area contributed by atoms with Gasteiger partial charge in [-0.25, -0.2) is 12.7 Å². The summed E-state index contributed by atoms with van der Waals surface area (Å²) in [6.45, 7) is 4.78. The number of carbonyl (C=O) groups is 1. The Labute approximate surface area is 174 Å². The van der Waals surface area contributed by atoms with Gasteiger partial charge in [-0.05, 0) is 37.7 Å². The average Bonchev–Trinajstić information content (AvgIpc) is 2.68. The fraction of sp³-hybridized carbons (Fsp3) is 0.591. The third-order valence-electron chi connectivity index (χ3n) is 5.40. The number of carbonyl (C=O) groups excluding carboxylic acids is 1. The second-order valence-corrected chi connectivity index (χ2v) is 9.79. The summed E-state index contributed by atoms with van der Waals surface area (Å²) < 4.78 is 27.0. The lowest BCUT2D eigenvalue weighted by Gasteiger charge is -2.32. The smallest absolute Gasteiger partial charge is 0.263 e. The van der Waals surface area contributed by atoms with Crippen LogP contribution in [0, 0.1) is 18.8 Å². The molecule has 160 valence electrons. The molecule has 0 bridgehead atoms. The van der Waals surface area contributed by atoms with Gasteiger partial charge in [-0.2, -0.15) is 0 Å². The van der Waals surface area contributed by atoms with Gasteiger partial charge in [0.05, 0.1) is 0 Å². The predicted molar refractivity (Wildman–Crippen MR) is 115 cm³/mol. The lowest BCUT2D eigenvalue weighted by atomic mass is 9.90. The van der Waals surface area contributed by atoms with Crippen LogP contribution in [0.4, 0.5) is 0 Å². The van der Waals surface area contributed by atoms with E-state index in [1.807, 2.05) is 6.92 Å². The van der Waals surface area contributed by atoms with Crippen LogP contribution in [0.1, 0.15) is 62.5 Å². The summed E-state index contributed by atoms with van der Waals surface area (Å²) in [5.74, 6) is 3.51. The minimum absolute atomic E-state index is 0.301. The van der Waals surface area contributed by atoms with Crippen molar-refractivity contribution in [3.8, 4) is 11.8 Å². The second-order valence-electron chi connectivity index (χ2n) is 7.82. The van der Waals surface area contributed by atoms with E-state index in [9.17, 15) is 18.3 Å². The fourth-order valence-corrected chi connectivity index (χ4v) is 5.19. The molecule has 1 unspecified atom stereocenters. The molecule has 1 aliphatic heterocycles. The molecule has 0 radical (unpaired) electrons. The Bertz CT molecular complexity index is 847. The molecule has 1 aromatic carbocycles. The molecule has 1 atom stereocenters. The molecule has 3 N–H and O–H groups in total. The van der Waals surface area contributed by atoms with Crippen molar-refractivity contribution in [3.05, 3.63) is 35.4 Å². The molecule has 29 heavy (non-hydrogen) atoms. The van der Waals surface area contributed by atoms with Gasteiger partial charge in [0, 0.05) is 19.5 Å². The molecule has 1 aromatic rings. The number of amides is 1. The van der Waals surface area contributed by atoms with E-state index in [1.165, 1.54) is 15.4 Å². The Balaban J connectivity index is 2.02. The number of primary amides is 1. The highest BCUT2D eigenvalue weighted by atomic mass is 32.2. The topological polar surface area (TPSA) is 101 Å². The zero-order valence-corrected chi connectivity index (χ0v) is 18.2. The molecule has 0 spiro atoms. The largest absolute Gasteiger partial charge is 0.369 e. The van der Waals surface area contributed by atoms with Gasteiger partial charge >= 0.3 is 0 Å². The van der Waals surface area contributed by atoms with E-state index < -0.39 is 27.3 Å². The lowest BCUT2D eigenvalue weighted by Crippen LogP contribution is -2.52. The number of nitrogens with two attached hydrogens (primary N) is 1. The van der Waals surface area contributed by atoms with E-state index >= 15 is 0 Å². The van der Waals surface area contributed by atoms with Gasteiger partial charge in [0.25, 0.3) is 5.91 Å². The Kier molecular flexibility index (Phi) is 8.26. The maximum Gasteiger partial charge on any atom is 0.263 e. The summed E-state index contributed by atoms with van der Waals surface area (Å²) in [4.78, 5) is 11.8. The normalized spacial score (nSPS) is 17.9. The predicted octanol–water partition coefficient (Wildman–Crippen LogP) is 2.30. The summed E-state index contributed by atoms with van der Waals surface area (Å²) in [6.07, 6.45) is 4.72. The quantitative estimate of drug-likeness (QED) is 0.498. The van der Waals surface area contributed by atoms with E-state index in [0.717, 1.165) is 19.3 Å². The minimum Gasteiger partial charge on any atom is -0.369 e. The number of hydrogen-bond acceptors (Lipinski definition) is 4. The minimum atomic E-state index is -3.87. The third-order valence-corrected chi connectivity index (χ3v) is 7.33. The monoisotopic (exact) mass is 420 g/mol. The van der Waals surface area contributed by atoms with Crippen LogP contribution in [-0.2, 0) is 14.8 Å². The van der Waals surface area contributed by atoms with Crippen molar-refractivity contribution in [3.63, 3.8) is 0 Å². The zero-order chi connectivity index (χ0) is 21.5. The maximum atomic E-state index is 12.8. The second kappa shape index (κ2) is 10.2. The van der Waals surface area contributed by atoms with Crippen molar-refractivity contribution < 1.29 is 18.3 Å². The van der Waals surface area contributed by atoms with Crippen molar-refractivity contribution in [2.45, 2.75) is 63.9 Å². The van der Waals surface area contributed by atoms with E-state index in [2.05, 4.69) is 43.0 Å². The van der Waals surface area contributed by atoms with Crippen LogP contribution in [0.15, 0.2) is 24.3 Å². The number of piperidine rings is 1. The van der Waals surface area contributed by atoms with Crippen molar-refractivity contribution in [1.29, 1.82) is 0 Å². The van der Waals surface area contributed by atoms with Crippen LogP contribution in [0.5, 0.6) is 0 Å². The molecular formula is C22H32N2O4S. The highest BCUT2D eigenvalue weighted by Crippen LogP contribution is 2.30. The third kappa shape index (κ3) is 6.56. The first-order valence-corrected chi connectivity index (χ1v) is 11.9. The number of unbranched alkanes of at least 4 members (excludes halogenated alkanes) is 3. The molecular weight excluding hydrogens is 388 g/mol. The molecule has 1 amide bonds. The van der Waals surface area contributed by atoms with Gasteiger partial charge < -0.3 is 10.8 Å². The van der Waals surface area contributed by atoms with Crippen molar-refractivity contribution in [2.24, 2.45) is 5.73 Å². The number of hydrogen-bond donors (Lipinski definition) is 2. The number of aryl methyl sites for hydroxylation is 1. The zero-order valence-electron chi connectivity index (χ0n) is 17.4. The molecule has 1 aliphatic rings. The molecule has 1 heterocycles. The molecule has 6 nitrogen and oxygen atoms in total. The van der Waals surface area contributed by atoms with Crippen LogP contribution in [0.3, 0.4) is 0 Å². The Morgan fingerprint density at radius 3 is 2.41 bits per heavy atom. The molecule has 2 rings (SSSR count). The van der Waals surface area contributed by atoms with Gasteiger partial charge in [-0.15, -0.1) is 0 Å². The molecule has 7 heteroatoms. The van der Waals surface area contributed by atoms with Crippen LogP contribution in [0.2, 0.25) is 0 Å². The van der Waals surface area contributed by atoms with Gasteiger partial charge in [0.2, 0.25) is 15.6 Å². The first-order valence-electron chi connectivity index (χ1n) is 10.2. The number of rotatable bonds is 8. The number of nitrogens with zero attached hydrogens (tertiary/aromatic N) is 1. The van der Waals surface area contributed by atoms with Crippen molar-refractivity contribution in [2.75, 3.05) is 18.8 Å². The summed E-state index contributed by atoms with van der Waals surface area (Å²) in [6, 6.07) is 8.30. The summed E-state index contributed by atoms with van der Waals surface area (Å²) in [7, 11) is -3.87. The summed E-state index contributed by atoms with van der Waals surface area (Å²) >= 11 is 0. The lowest BCUT2D eigenvalue weighted by molar-refractivity contribution is -0.129. The Hall–Kier alpha value is -1.88. The summed E-state index contributed by atoms with van der Waals surface area (Å²) in [5, 5.41) is 10.5. The Morgan fingerprint density at radius 1 is 1.24 bits per heavy atom. The van der Waals surface area contributed by atoms with E-state index in [4.69, 9.17) is 5.73 Å². The molecule has 0 aliphatic carbocycles. The van der Waals surface area contributed by atoms with Crippen molar-refractivity contribution >= 4 is 15.9 Å². The van der Waals surface area contributed by atoms with Crippen LogP contribution < -0.4 is 5.73 Å². The van der Waals surface area contributed by atoms with Crippen LogP contribution in [-0.4, -0.2) is 48.2 Å². The molecule has 1 fully saturated rings. The van der Waals surface area contributed by atoms with Gasteiger partial charge in [-0.1, -0.05) is 61.4 Å². The average molecular weight is 421 g/mol. The fourth-order valence-electron chi connectivity index (χ4n) is 3.50.